The van der Waals surface area contributed by atoms with Gasteiger partial charge < -0.3 is 20.1 Å². The molecule has 2 unspecified atom stereocenters. The van der Waals surface area contributed by atoms with Crippen molar-refractivity contribution in [3.05, 3.63) is 0 Å². The zero-order chi connectivity index (χ0) is 14.5. The predicted octanol–water partition coefficient (Wildman–Crippen LogP) is 0.196. The fourth-order valence-corrected chi connectivity index (χ4v) is 2.41. The van der Waals surface area contributed by atoms with Crippen LogP contribution < -0.4 is 5.32 Å². The summed E-state index contributed by atoms with van der Waals surface area (Å²) < 4.78 is 19.6. The molecule has 2 heterocycles. The van der Waals surface area contributed by atoms with Gasteiger partial charge in [0.05, 0.1) is 13.1 Å². The van der Waals surface area contributed by atoms with E-state index in [1.54, 1.807) is 20.8 Å². The average molecular weight is 274 g/mol. The number of rotatable bonds is 0. The summed E-state index contributed by atoms with van der Waals surface area (Å²) in [5.41, 5.74) is -4.85. The molecule has 19 heavy (non-hydrogen) atoms. The second kappa shape index (κ2) is 4.06. The molecular weight excluding hydrogens is 255 g/mol. The van der Waals surface area contributed by atoms with Crippen LogP contribution in [0.4, 0.5) is 9.18 Å². The molecule has 0 aromatic rings. The van der Waals surface area contributed by atoms with Crippen molar-refractivity contribution in [3.8, 4) is 0 Å². The van der Waals surface area contributed by atoms with Gasteiger partial charge in [0.2, 0.25) is 5.67 Å². The molecule has 0 aromatic carbocycles. The number of fused-ring (bicyclic) bond motifs is 1. The number of amides is 2. The molecule has 0 radical (unpaired) electrons. The van der Waals surface area contributed by atoms with Gasteiger partial charge in [-0.05, 0) is 20.8 Å². The van der Waals surface area contributed by atoms with Crippen molar-refractivity contribution >= 4 is 12.0 Å². The van der Waals surface area contributed by atoms with Crippen molar-refractivity contribution in [2.45, 2.75) is 44.1 Å². The fourth-order valence-electron chi connectivity index (χ4n) is 2.41. The van der Waals surface area contributed by atoms with E-state index in [9.17, 15) is 19.1 Å². The molecule has 2 aliphatic heterocycles. The summed E-state index contributed by atoms with van der Waals surface area (Å²) in [5, 5.41) is 12.6. The highest BCUT2D eigenvalue weighted by atomic mass is 19.1. The summed E-state index contributed by atoms with van der Waals surface area (Å²) in [4.78, 5) is 24.6. The molecule has 0 aliphatic carbocycles. The Bertz CT molecular complexity index is 422. The lowest BCUT2D eigenvalue weighted by Crippen LogP contribution is -2.64. The highest BCUT2D eigenvalue weighted by Gasteiger charge is 2.64. The van der Waals surface area contributed by atoms with E-state index in [-0.39, 0.29) is 26.1 Å². The van der Waals surface area contributed by atoms with Crippen LogP contribution in [-0.2, 0) is 9.53 Å². The zero-order valence-corrected chi connectivity index (χ0v) is 11.3. The van der Waals surface area contributed by atoms with E-state index in [0.29, 0.717) is 0 Å². The maximum absolute atomic E-state index is 14.5. The summed E-state index contributed by atoms with van der Waals surface area (Å²) in [6.07, 6.45) is -0.837. The van der Waals surface area contributed by atoms with Crippen LogP contribution in [0.5, 0.6) is 0 Å². The second-order valence-corrected chi connectivity index (χ2v) is 6.17. The van der Waals surface area contributed by atoms with Crippen molar-refractivity contribution < 1.29 is 23.8 Å². The van der Waals surface area contributed by atoms with Gasteiger partial charge in [0.1, 0.15) is 11.2 Å². The van der Waals surface area contributed by atoms with Gasteiger partial charge in [-0.15, -0.1) is 0 Å². The molecule has 0 spiro atoms. The molecule has 2 N–H and O–H groups in total. The van der Waals surface area contributed by atoms with Crippen LogP contribution in [0.25, 0.3) is 0 Å². The quantitative estimate of drug-likeness (QED) is 0.661. The number of hydrogen-bond donors (Lipinski definition) is 2. The number of likely N-dealkylation sites (tertiary alicyclic amines) is 1. The lowest BCUT2D eigenvalue weighted by atomic mass is 9.81. The number of halogens is 1. The number of carbonyl (C=O) groups excluding carboxylic acids is 2. The van der Waals surface area contributed by atoms with Crippen LogP contribution in [0.2, 0.25) is 0 Å². The number of nitrogens with one attached hydrogen (secondary N) is 1. The van der Waals surface area contributed by atoms with E-state index in [0.717, 1.165) is 0 Å². The number of piperidine rings is 1. The van der Waals surface area contributed by atoms with Gasteiger partial charge in [0.25, 0.3) is 5.91 Å². The minimum Gasteiger partial charge on any atom is -0.444 e. The first-order valence-electron chi connectivity index (χ1n) is 6.25. The smallest absolute Gasteiger partial charge is 0.410 e. The summed E-state index contributed by atoms with van der Waals surface area (Å²) in [6, 6.07) is 0. The standard InChI is InChI=1S/C12H19FN2O4/c1-10(2,3)19-9(17)15-5-4-12(13)8(16)14-6-11(12,18)7-15/h18H,4-7H2,1-3H3,(H,14,16). The fraction of sp³-hybridized carbons (Fsp3) is 0.833. The van der Waals surface area contributed by atoms with Crippen LogP contribution in [-0.4, -0.2) is 58.5 Å². The molecule has 2 amide bonds. The number of nitrogens with zero attached hydrogens (tertiary/aromatic N) is 1. The van der Waals surface area contributed by atoms with Crippen molar-refractivity contribution in [1.29, 1.82) is 0 Å². The zero-order valence-electron chi connectivity index (χ0n) is 11.3. The number of hydrogen-bond acceptors (Lipinski definition) is 4. The molecule has 0 saturated carbocycles. The van der Waals surface area contributed by atoms with Crippen LogP contribution in [0.3, 0.4) is 0 Å². The average Bonchev–Trinajstić information content (AvgIpc) is 2.49. The summed E-state index contributed by atoms with van der Waals surface area (Å²) in [5.74, 6) is -0.807. The van der Waals surface area contributed by atoms with Crippen LogP contribution in [0.15, 0.2) is 0 Å². The maximum atomic E-state index is 14.5. The molecule has 7 heteroatoms. The molecule has 2 saturated heterocycles. The van der Waals surface area contributed by atoms with Crippen LogP contribution in [0.1, 0.15) is 27.2 Å². The first-order valence-corrected chi connectivity index (χ1v) is 6.25. The van der Waals surface area contributed by atoms with Crippen molar-refractivity contribution in [1.82, 2.24) is 10.2 Å². The van der Waals surface area contributed by atoms with Crippen LogP contribution in [0, 0.1) is 0 Å². The Morgan fingerprint density at radius 1 is 1.53 bits per heavy atom. The number of ether oxygens (including phenoxy) is 1. The monoisotopic (exact) mass is 274 g/mol. The van der Waals surface area contributed by atoms with Gasteiger partial charge in [0.15, 0.2) is 0 Å². The number of β-amino-alcohol motifs (C(OH)–C–C–N with tert-alkyl or cyclic N) is 1. The normalized spacial score (nSPS) is 34.8. The van der Waals surface area contributed by atoms with Gasteiger partial charge in [-0.2, -0.15) is 0 Å². The molecule has 2 atom stereocenters. The molecular formula is C12H19FN2O4. The molecule has 2 rings (SSSR count). The highest BCUT2D eigenvalue weighted by molar-refractivity contribution is 5.90. The van der Waals surface area contributed by atoms with Crippen molar-refractivity contribution in [2.24, 2.45) is 0 Å². The van der Waals surface area contributed by atoms with E-state index >= 15 is 0 Å². The Morgan fingerprint density at radius 3 is 2.74 bits per heavy atom. The van der Waals surface area contributed by atoms with E-state index in [4.69, 9.17) is 4.74 Å². The minimum absolute atomic E-state index is 0.0428. The summed E-state index contributed by atoms with van der Waals surface area (Å²) in [7, 11) is 0. The Labute approximate surface area is 110 Å². The number of carbonyl (C=O) groups is 2. The van der Waals surface area contributed by atoms with Gasteiger partial charge in [-0.1, -0.05) is 0 Å². The SMILES string of the molecule is CC(C)(C)OC(=O)N1CCC2(F)C(=O)NCC2(O)C1. The van der Waals surface area contributed by atoms with Gasteiger partial charge in [0, 0.05) is 13.0 Å². The first kappa shape index (κ1) is 14.0. The topological polar surface area (TPSA) is 78.9 Å². The Kier molecular flexibility index (Phi) is 3.00. The van der Waals surface area contributed by atoms with Crippen molar-refractivity contribution in [2.75, 3.05) is 19.6 Å². The Balaban J connectivity index is 2.11. The largest absolute Gasteiger partial charge is 0.444 e. The third kappa shape index (κ3) is 2.27. The lowest BCUT2D eigenvalue weighted by Gasteiger charge is -2.42. The third-order valence-corrected chi connectivity index (χ3v) is 3.47. The first-order chi connectivity index (χ1) is 8.57. The second-order valence-electron chi connectivity index (χ2n) is 6.17. The predicted molar refractivity (Wildman–Crippen MR) is 64.2 cm³/mol. The summed E-state index contributed by atoms with van der Waals surface area (Å²) >= 11 is 0. The number of alkyl halides is 1. The lowest BCUT2D eigenvalue weighted by molar-refractivity contribution is -0.152. The number of aliphatic hydroxyl groups is 1. The highest BCUT2D eigenvalue weighted by Crippen LogP contribution is 2.39. The molecule has 0 aromatic heterocycles. The van der Waals surface area contributed by atoms with Gasteiger partial charge in [-0.3, -0.25) is 4.79 Å². The molecule has 0 bridgehead atoms. The molecule has 2 fully saturated rings. The third-order valence-electron chi connectivity index (χ3n) is 3.47. The van der Waals surface area contributed by atoms with E-state index < -0.39 is 28.9 Å². The maximum Gasteiger partial charge on any atom is 0.410 e. The minimum atomic E-state index is -2.31. The summed E-state index contributed by atoms with van der Waals surface area (Å²) in [6.45, 7) is 4.77. The van der Waals surface area contributed by atoms with Crippen LogP contribution >= 0.6 is 0 Å². The van der Waals surface area contributed by atoms with Gasteiger partial charge >= 0.3 is 6.09 Å². The van der Waals surface area contributed by atoms with E-state index in [1.165, 1.54) is 4.90 Å². The molecule has 6 nitrogen and oxygen atoms in total. The van der Waals surface area contributed by atoms with Gasteiger partial charge in [-0.25, -0.2) is 9.18 Å². The Hall–Kier alpha value is -1.37. The molecule has 108 valence electrons. The Morgan fingerprint density at radius 2 is 2.16 bits per heavy atom. The molecule has 2 aliphatic rings. The van der Waals surface area contributed by atoms with E-state index in [2.05, 4.69) is 5.32 Å². The van der Waals surface area contributed by atoms with E-state index in [1.807, 2.05) is 0 Å². The van der Waals surface area contributed by atoms with Crippen molar-refractivity contribution in [3.63, 3.8) is 0 Å².